The summed E-state index contributed by atoms with van der Waals surface area (Å²) in [6.45, 7) is 2.06. The topological polar surface area (TPSA) is 66.4 Å². The molecule has 0 aliphatic rings. The van der Waals surface area contributed by atoms with E-state index >= 15 is 0 Å². The summed E-state index contributed by atoms with van der Waals surface area (Å²) in [5.41, 5.74) is 8.00. The quantitative estimate of drug-likeness (QED) is 0.243. The molecule has 31 heavy (non-hydrogen) atoms. The molecule has 4 aromatic rings. The Balaban J connectivity index is 1.38. The van der Waals surface area contributed by atoms with E-state index in [1.807, 2.05) is 53.9 Å². The SMILES string of the molecule is Cc1ccc(Nc2nc(-c3ccc(C(=O)N/N=C\c4cccc(Br)c4)cc3)cs2)cc1. The van der Waals surface area contributed by atoms with Crippen LogP contribution in [0.15, 0.2) is 87.8 Å². The first kappa shape index (κ1) is 21.0. The van der Waals surface area contributed by atoms with Gasteiger partial charge >= 0.3 is 0 Å². The maximum absolute atomic E-state index is 12.3. The molecule has 5 nitrogen and oxygen atoms in total. The first-order chi connectivity index (χ1) is 15.1. The minimum atomic E-state index is -0.266. The van der Waals surface area contributed by atoms with E-state index in [-0.39, 0.29) is 5.91 Å². The van der Waals surface area contributed by atoms with Gasteiger partial charge < -0.3 is 5.32 Å². The molecule has 0 fully saturated rings. The van der Waals surface area contributed by atoms with Crippen molar-refractivity contribution in [3.63, 3.8) is 0 Å². The Labute approximate surface area is 193 Å². The highest BCUT2D eigenvalue weighted by Crippen LogP contribution is 2.27. The van der Waals surface area contributed by atoms with E-state index in [4.69, 9.17) is 0 Å². The summed E-state index contributed by atoms with van der Waals surface area (Å²) in [6.07, 6.45) is 1.61. The fourth-order valence-corrected chi connectivity index (χ4v) is 3.99. The summed E-state index contributed by atoms with van der Waals surface area (Å²) < 4.78 is 0.956. The number of hydrogen-bond acceptors (Lipinski definition) is 5. The highest BCUT2D eigenvalue weighted by molar-refractivity contribution is 9.10. The van der Waals surface area contributed by atoms with Crippen LogP contribution in [0.25, 0.3) is 11.3 Å². The molecule has 1 heterocycles. The van der Waals surface area contributed by atoms with Crippen molar-refractivity contribution in [3.8, 4) is 11.3 Å². The Hall–Kier alpha value is -3.29. The molecule has 0 bridgehead atoms. The van der Waals surface area contributed by atoms with Gasteiger partial charge in [0.25, 0.3) is 5.91 Å². The van der Waals surface area contributed by atoms with Crippen molar-refractivity contribution in [2.24, 2.45) is 5.10 Å². The number of nitrogens with zero attached hydrogens (tertiary/aromatic N) is 2. The van der Waals surface area contributed by atoms with Crippen molar-refractivity contribution in [2.75, 3.05) is 5.32 Å². The molecule has 0 saturated heterocycles. The molecule has 7 heteroatoms. The number of hydrazone groups is 1. The molecule has 4 rings (SSSR count). The van der Waals surface area contributed by atoms with Crippen LogP contribution in [0.4, 0.5) is 10.8 Å². The first-order valence-corrected chi connectivity index (χ1v) is 11.2. The Kier molecular flexibility index (Phi) is 6.54. The molecule has 1 amide bonds. The van der Waals surface area contributed by atoms with Crippen molar-refractivity contribution >= 4 is 50.2 Å². The predicted molar refractivity (Wildman–Crippen MR) is 131 cm³/mol. The fourth-order valence-electron chi connectivity index (χ4n) is 2.83. The number of nitrogens with one attached hydrogen (secondary N) is 2. The molecule has 3 aromatic carbocycles. The lowest BCUT2D eigenvalue weighted by molar-refractivity contribution is 0.0955. The van der Waals surface area contributed by atoms with Crippen LogP contribution in [0, 0.1) is 6.92 Å². The lowest BCUT2D eigenvalue weighted by atomic mass is 10.1. The van der Waals surface area contributed by atoms with Crippen LogP contribution in [-0.2, 0) is 0 Å². The number of benzene rings is 3. The monoisotopic (exact) mass is 490 g/mol. The molecule has 0 spiro atoms. The molecule has 0 aliphatic heterocycles. The van der Waals surface area contributed by atoms with Gasteiger partial charge in [-0.1, -0.05) is 57.9 Å². The minimum absolute atomic E-state index is 0.266. The van der Waals surface area contributed by atoms with E-state index < -0.39 is 0 Å². The van der Waals surface area contributed by atoms with E-state index in [0.717, 1.165) is 32.1 Å². The van der Waals surface area contributed by atoms with Crippen LogP contribution in [0.3, 0.4) is 0 Å². The molecule has 154 valence electrons. The smallest absolute Gasteiger partial charge is 0.271 e. The Bertz CT molecular complexity index is 1220. The van der Waals surface area contributed by atoms with Gasteiger partial charge in [0.05, 0.1) is 11.9 Å². The Morgan fingerprint density at radius 2 is 1.84 bits per heavy atom. The second-order valence-electron chi connectivity index (χ2n) is 6.86. The second-order valence-corrected chi connectivity index (χ2v) is 8.63. The van der Waals surface area contributed by atoms with Crippen molar-refractivity contribution in [1.82, 2.24) is 10.4 Å². The maximum atomic E-state index is 12.3. The minimum Gasteiger partial charge on any atom is -0.332 e. The largest absolute Gasteiger partial charge is 0.332 e. The van der Waals surface area contributed by atoms with Gasteiger partial charge in [-0.2, -0.15) is 5.10 Å². The number of halogens is 1. The fraction of sp³-hybridized carbons (Fsp3) is 0.0417. The number of carbonyl (C=O) groups excluding carboxylic acids is 1. The maximum Gasteiger partial charge on any atom is 0.271 e. The molecular formula is C24H19BrN4OS. The molecule has 1 aromatic heterocycles. The highest BCUT2D eigenvalue weighted by atomic mass is 79.9. The van der Waals surface area contributed by atoms with E-state index in [2.05, 4.69) is 55.8 Å². The molecule has 0 radical (unpaired) electrons. The number of hydrogen-bond donors (Lipinski definition) is 2. The van der Waals surface area contributed by atoms with Crippen LogP contribution < -0.4 is 10.7 Å². The van der Waals surface area contributed by atoms with E-state index in [0.29, 0.717) is 5.56 Å². The lowest BCUT2D eigenvalue weighted by Gasteiger charge is -2.03. The third kappa shape index (κ3) is 5.65. The average molecular weight is 491 g/mol. The Morgan fingerprint density at radius 3 is 2.58 bits per heavy atom. The van der Waals surface area contributed by atoms with Gasteiger partial charge in [0.15, 0.2) is 5.13 Å². The normalized spacial score (nSPS) is 10.9. The summed E-state index contributed by atoms with van der Waals surface area (Å²) in [7, 11) is 0. The Morgan fingerprint density at radius 1 is 1.06 bits per heavy atom. The highest BCUT2D eigenvalue weighted by Gasteiger charge is 2.08. The van der Waals surface area contributed by atoms with Gasteiger partial charge in [0, 0.05) is 26.7 Å². The van der Waals surface area contributed by atoms with Gasteiger partial charge in [-0.15, -0.1) is 11.3 Å². The molecule has 0 atom stereocenters. The van der Waals surface area contributed by atoms with Gasteiger partial charge in [-0.3, -0.25) is 4.79 Å². The molecule has 2 N–H and O–H groups in total. The van der Waals surface area contributed by atoms with E-state index in [1.54, 1.807) is 18.3 Å². The number of aryl methyl sites for hydroxylation is 1. The molecular weight excluding hydrogens is 472 g/mol. The van der Waals surface area contributed by atoms with Crippen LogP contribution in [-0.4, -0.2) is 17.1 Å². The van der Waals surface area contributed by atoms with Crippen molar-refractivity contribution in [3.05, 3.63) is 99.3 Å². The zero-order valence-corrected chi connectivity index (χ0v) is 19.1. The third-order valence-electron chi connectivity index (χ3n) is 4.48. The number of anilines is 2. The standard InChI is InChI=1S/C24H19BrN4OS/c1-16-5-11-21(12-6-16)27-24-28-22(15-31-24)18-7-9-19(10-8-18)23(30)29-26-14-17-3-2-4-20(25)13-17/h2-15H,1H3,(H,27,28)(H,29,30)/b26-14-. The second kappa shape index (κ2) is 9.68. The summed E-state index contributed by atoms with van der Waals surface area (Å²) in [6, 6.07) is 23.2. The van der Waals surface area contributed by atoms with Crippen LogP contribution >= 0.6 is 27.3 Å². The van der Waals surface area contributed by atoms with Gasteiger partial charge in [0.1, 0.15) is 0 Å². The van der Waals surface area contributed by atoms with Crippen LogP contribution in [0.1, 0.15) is 21.5 Å². The van der Waals surface area contributed by atoms with E-state index in [1.165, 1.54) is 16.9 Å². The van der Waals surface area contributed by atoms with Crippen molar-refractivity contribution in [1.29, 1.82) is 0 Å². The van der Waals surface area contributed by atoms with Gasteiger partial charge in [-0.05, 0) is 48.9 Å². The number of aromatic nitrogens is 1. The van der Waals surface area contributed by atoms with Crippen LogP contribution in [0.5, 0.6) is 0 Å². The zero-order chi connectivity index (χ0) is 21.6. The number of thiazole rings is 1. The summed E-state index contributed by atoms with van der Waals surface area (Å²) in [5.74, 6) is -0.266. The molecule has 0 aliphatic carbocycles. The number of carbonyl (C=O) groups is 1. The summed E-state index contributed by atoms with van der Waals surface area (Å²) in [4.78, 5) is 17.0. The zero-order valence-electron chi connectivity index (χ0n) is 16.7. The number of amides is 1. The third-order valence-corrected chi connectivity index (χ3v) is 5.73. The summed E-state index contributed by atoms with van der Waals surface area (Å²) in [5, 5.41) is 10.2. The number of rotatable bonds is 6. The molecule has 0 unspecified atom stereocenters. The average Bonchev–Trinajstić information content (AvgIpc) is 3.24. The summed E-state index contributed by atoms with van der Waals surface area (Å²) >= 11 is 4.95. The van der Waals surface area contributed by atoms with E-state index in [9.17, 15) is 4.79 Å². The van der Waals surface area contributed by atoms with Crippen molar-refractivity contribution in [2.45, 2.75) is 6.92 Å². The van der Waals surface area contributed by atoms with Crippen LogP contribution in [0.2, 0.25) is 0 Å². The lowest BCUT2D eigenvalue weighted by Crippen LogP contribution is -2.17. The first-order valence-electron chi connectivity index (χ1n) is 9.55. The predicted octanol–water partition coefficient (Wildman–Crippen LogP) is 6.39. The van der Waals surface area contributed by atoms with Gasteiger partial charge in [-0.25, -0.2) is 10.4 Å². The van der Waals surface area contributed by atoms with Gasteiger partial charge in [0.2, 0.25) is 0 Å². The molecule has 0 saturated carbocycles. The van der Waals surface area contributed by atoms with Crippen molar-refractivity contribution < 1.29 is 4.79 Å².